The summed E-state index contributed by atoms with van der Waals surface area (Å²) in [4.78, 5) is 23.6. The second kappa shape index (κ2) is 7.15. The van der Waals surface area contributed by atoms with Gasteiger partial charge in [-0.1, -0.05) is 6.07 Å². The number of pyridine rings is 1. The predicted molar refractivity (Wildman–Crippen MR) is 99.8 cm³/mol. The van der Waals surface area contributed by atoms with E-state index in [0.29, 0.717) is 13.0 Å². The Hall–Kier alpha value is -1.67. The molecule has 4 rings (SSSR count). The number of aromatic nitrogens is 1. The number of hydrogen-bond donors (Lipinski definition) is 0. The van der Waals surface area contributed by atoms with Crippen molar-refractivity contribution in [2.75, 3.05) is 49.1 Å². The van der Waals surface area contributed by atoms with E-state index in [9.17, 15) is 13.2 Å². The number of rotatable bonds is 5. The quantitative estimate of drug-likeness (QED) is 0.738. The first-order valence-electron chi connectivity index (χ1n) is 9.42. The van der Waals surface area contributed by atoms with Gasteiger partial charge in [-0.05, 0) is 31.4 Å². The van der Waals surface area contributed by atoms with Gasteiger partial charge in [0.25, 0.3) is 0 Å². The number of anilines is 1. The van der Waals surface area contributed by atoms with Gasteiger partial charge >= 0.3 is 0 Å². The first-order chi connectivity index (χ1) is 12.5. The molecule has 1 atom stereocenters. The molecule has 26 heavy (non-hydrogen) atoms. The van der Waals surface area contributed by atoms with Crippen LogP contribution in [0.25, 0.3) is 0 Å². The third-order valence-electron chi connectivity index (χ3n) is 5.53. The van der Waals surface area contributed by atoms with Crippen LogP contribution in [0.5, 0.6) is 0 Å². The fraction of sp³-hybridized carbons (Fsp3) is 0.667. The van der Waals surface area contributed by atoms with E-state index in [2.05, 4.69) is 14.8 Å². The maximum Gasteiger partial charge on any atom is 0.237 e. The molecule has 0 N–H and O–H groups in total. The van der Waals surface area contributed by atoms with Crippen LogP contribution in [0.15, 0.2) is 24.4 Å². The maximum atomic E-state index is 12.9. The summed E-state index contributed by atoms with van der Waals surface area (Å²) in [5.41, 5.74) is 0. The number of carbonyl (C=O) groups excluding carboxylic acids is 1. The average Bonchev–Trinajstić information content (AvgIpc) is 3.39. The highest BCUT2D eigenvalue weighted by Crippen LogP contribution is 2.32. The molecular weight excluding hydrogens is 352 g/mol. The van der Waals surface area contributed by atoms with Gasteiger partial charge in [0.05, 0.1) is 18.1 Å². The fourth-order valence-corrected chi connectivity index (χ4v) is 5.71. The molecule has 1 aromatic heterocycles. The molecule has 3 heterocycles. The van der Waals surface area contributed by atoms with E-state index < -0.39 is 9.84 Å². The Labute approximate surface area is 154 Å². The highest BCUT2D eigenvalue weighted by molar-refractivity contribution is 7.91. The van der Waals surface area contributed by atoms with Gasteiger partial charge < -0.3 is 9.80 Å². The summed E-state index contributed by atoms with van der Waals surface area (Å²) in [7, 11) is -2.97. The maximum absolute atomic E-state index is 12.9. The highest BCUT2D eigenvalue weighted by atomic mass is 32.2. The van der Waals surface area contributed by atoms with Crippen molar-refractivity contribution in [1.29, 1.82) is 0 Å². The van der Waals surface area contributed by atoms with Crippen molar-refractivity contribution in [3.63, 3.8) is 0 Å². The molecule has 1 aromatic rings. The van der Waals surface area contributed by atoms with E-state index in [1.165, 1.54) is 0 Å². The molecule has 0 spiro atoms. The summed E-state index contributed by atoms with van der Waals surface area (Å²) in [6.45, 7) is 3.74. The minimum atomic E-state index is -2.97. The molecule has 1 saturated carbocycles. The molecular formula is C18H26N4O3S. The van der Waals surface area contributed by atoms with Gasteiger partial charge in [0, 0.05) is 44.5 Å². The van der Waals surface area contributed by atoms with Crippen LogP contribution in [0.3, 0.4) is 0 Å². The van der Waals surface area contributed by atoms with Gasteiger partial charge in [-0.2, -0.15) is 0 Å². The van der Waals surface area contributed by atoms with Crippen molar-refractivity contribution in [3.8, 4) is 0 Å². The molecule has 8 heteroatoms. The summed E-state index contributed by atoms with van der Waals surface area (Å²) < 4.78 is 23.6. The lowest BCUT2D eigenvalue weighted by atomic mass is 10.2. The minimum Gasteiger partial charge on any atom is -0.354 e. The van der Waals surface area contributed by atoms with Crippen LogP contribution in [-0.4, -0.2) is 85.4 Å². The monoisotopic (exact) mass is 378 g/mol. The third-order valence-corrected chi connectivity index (χ3v) is 7.28. The smallest absolute Gasteiger partial charge is 0.237 e. The zero-order valence-electron chi connectivity index (χ0n) is 15.0. The van der Waals surface area contributed by atoms with Gasteiger partial charge in [-0.25, -0.2) is 13.4 Å². The summed E-state index contributed by atoms with van der Waals surface area (Å²) in [6.07, 6.45) is 4.41. The number of nitrogens with zero attached hydrogens (tertiary/aromatic N) is 4. The van der Waals surface area contributed by atoms with E-state index in [0.717, 1.165) is 44.8 Å². The van der Waals surface area contributed by atoms with E-state index in [1.54, 1.807) is 6.20 Å². The molecule has 2 aliphatic heterocycles. The number of amides is 1. The van der Waals surface area contributed by atoms with Crippen molar-refractivity contribution in [1.82, 2.24) is 14.8 Å². The molecule has 1 unspecified atom stereocenters. The van der Waals surface area contributed by atoms with Gasteiger partial charge in [0.15, 0.2) is 9.84 Å². The summed E-state index contributed by atoms with van der Waals surface area (Å²) in [5.74, 6) is 1.44. The second-order valence-electron chi connectivity index (χ2n) is 7.54. The zero-order valence-corrected chi connectivity index (χ0v) is 15.8. The lowest BCUT2D eigenvalue weighted by Gasteiger charge is -2.37. The van der Waals surface area contributed by atoms with Crippen LogP contribution >= 0.6 is 0 Å². The van der Waals surface area contributed by atoms with Crippen molar-refractivity contribution in [2.24, 2.45) is 0 Å². The van der Waals surface area contributed by atoms with Crippen LogP contribution in [0, 0.1) is 0 Å². The van der Waals surface area contributed by atoms with Crippen molar-refractivity contribution < 1.29 is 13.2 Å². The van der Waals surface area contributed by atoms with Crippen LogP contribution in [-0.2, 0) is 14.6 Å². The Kier molecular flexibility index (Phi) is 4.88. The molecule has 3 fully saturated rings. The fourth-order valence-electron chi connectivity index (χ4n) is 4.00. The van der Waals surface area contributed by atoms with Crippen LogP contribution in [0.4, 0.5) is 5.82 Å². The lowest BCUT2D eigenvalue weighted by molar-refractivity contribution is -0.135. The van der Waals surface area contributed by atoms with Crippen molar-refractivity contribution in [3.05, 3.63) is 24.4 Å². The second-order valence-corrected chi connectivity index (χ2v) is 9.77. The molecule has 0 radical (unpaired) electrons. The summed E-state index contributed by atoms with van der Waals surface area (Å²) in [5, 5.41) is 0. The predicted octanol–water partition coefficient (Wildman–Crippen LogP) is 0.382. The molecule has 1 amide bonds. The molecule has 3 aliphatic rings. The lowest BCUT2D eigenvalue weighted by Crippen LogP contribution is -2.52. The van der Waals surface area contributed by atoms with Crippen LogP contribution in [0.2, 0.25) is 0 Å². The Morgan fingerprint density at radius 1 is 1.12 bits per heavy atom. The standard InChI is InChI=1S/C18H26N4O3S/c23-18(22(15-4-5-15)16-6-12-26(24,25)14-16)13-20-8-10-21(11-9-20)17-3-1-2-7-19-17/h1-3,7,15-16H,4-6,8-14H2. The van der Waals surface area contributed by atoms with Crippen LogP contribution in [0.1, 0.15) is 19.3 Å². The normalized spacial score (nSPS) is 26.0. The van der Waals surface area contributed by atoms with Gasteiger partial charge in [0.2, 0.25) is 5.91 Å². The highest BCUT2D eigenvalue weighted by Gasteiger charge is 2.42. The molecule has 0 bridgehead atoms. The Bertz CT molecular complexity index is 743. The Morgan fingerprint density at radius 2 is 1.88 bits per heavy atom. The molecule has 2 saturated heterocycles. The number of piperazine rings is 1. The molecule has 0 aromatic carbocycles. The first-order valence-corrected chi connectivity index (χ1v) is 11.2. The van der Waals surface area contributed by atoms with Gasteiger partial charge in [-0.3, -0.25) is 9.69 Å². The third kappa shape index (κ3) is 4.01. The Balaban J connectivity index is 1.33. The summed E-state index contributed by atoms with van der Waals surface area (Å²) in [6, 6.07) is 6.05. The van der Waals surface area contributed by atoms with Gasteiger partial charge in [-0.15, -0.1) is 0 Å². The van der Waals surface area contributed by atoms with E-state index in [4.69, 9.17) is 0 Å². The van der Waals surface area contributed by atoms with Crippen molar-refractivity contribution in [2.45, 2.75) is 31.3 Å². The van der Waals surface area contributed by atoms with E-state index in [1.807, 2.05) is 23.1 Å². The average molecular weight is 378 g/mol. The zero-order chi connectivity index (χ0) is 18.1. The summed E-state index contributed by atoms with van der Waals surface area (Å²) >= 11 is 0. The topological polar surface area (TPSA) is 73.8 Å². The largest absolute Gasteiger partial charge is 0.354 e. The molecule has 1 aliphatic carbocycles. The van der Waals surface area contributed by atoms with E-state index in [-0.39, 0.29) is 29.5 Å². The van der Waals surface area contributed by atoms with E-state index >= 15 is 0 Å². The first kappa shape index (κ1) is 17.7. The minimum absolute atomic E-state index is 0.0980. The number of sulfone groups is 1. The Morgan fingerprint density at radius 3 is 2.46 bits per heavy atom. The molecule has 142 valence electrons. The SMILES string of the molecule is O=C(CN1CCN(c2ccccn2)CC1)N(C1CC1)C1CCS(=O)(=O)C1. The number of hydrogen-bond acceptors (Lipinski definition) is 6. The number of carbonyl (C=O) groups is 1. The van der Waals surface area contributed by atoms with Crippen LogP contribution < -0.4 is 4.90 Å². The van der Waals surface area contributed by atoms with Gasteiger partial charge in [0.1, 0.15) is 5.82 Å². The molecule has 7 nitrogen and oxygen atoms in total. The van der Waals surface area contributed by atoms with Crippen molar-refractivity contribution >= 4 is 21.6 Å².